The number of nitrogens with zero attached hydrogens (tertiary/aromatic N) is 2. The van der Waals surface area contributed by atoms with Gasteiger partial charge in [-0.3, -0.25) is 9.59 Å². The van der Waals surface area contributed by atoms with E-state index in [0.29, 0.717) is 0 Å². The van der Waals surface area contributed by atoms with Gasteiger partial charge in [0.05, 0.1) is 6.04 Å². The standard InChI is InChI=1S/C13H14FN3O5S.Na/c14-8-4-2-1-3-7(8)10(15)12(18)16-6-5-9-11(16)13(19)17(9)23(20,21)22;/h1-4,9-11H,5-6,15H2,(H,20,21,22);/q;+1/p-1/t9-,10?,11+;/m1./s1. The Morgan fingerprint density at radius 2 is 2.00 bits per heavy atom. The normalized spacial score (nSPS) is 24.0. The molecule has 11 heteroatoms. The smallest absolute Gasteiger partial charge is 0.731 e. The number of carbonyl (C=O) groups excluding carboxylic acids is 2. The second kappa shape index (κ2) is 6.70. The zero-order valence-electron chi connectivity index (χ0n) is 12.8. The first-order valence-corrected chi connectivity index (χ1v) is 8.19. The number of nitrogens with two attached hydrogens (primary N) is 1. The summed E-state index contributed by atoms with van der Waals surface area (Å²) >= 11 is 0. The molecule has 2 fully saturated rings. The van der Waals surface area contributed by atoms with Gasteiger partial charge >= 0.3 is 29.6 Å². The molecule has 2 saturated heterocycles. The summed E-state index contributed by atoms with van der Waals surface area (Å²) in [5.74, 6) is -2.27. The zero-order valence-corrected chi connectivity index (χ0v) is 15.6. The van der Waals surface area contributed by atoms with Crippen LogP contribution in [-0.2, 0) is 19.9 Å². The Labute approximate surface area is 159 Å². The average molecular weight is 365 g/mol. The van der Waals surface area contributed by atoms with Gasteiger partial charge in [-0.15, -0.1) is 0 Å². The minimum Gasteiger partial charge on any atom is -0.731 e. The molecule has 1 aromatic rings. The van der Waals surface area contributed by atoms with Crippen LogP contribution in [0, 0.1) is 5.82 Å². The first-order valence-electron chi connectivity index (χ1n) is 6.83. The van der Waals surface area contributed by atoms with Crippen LogP contribution in [0.25, 0.3) is 0 Å². The van der Waals surface area contributed by atoms with Gasteiger partial charge in [-0.1, -0.05) is 18.2 Å². The second-order valence-corrected chi connectivity index (χ2v) is 6.67. The summed E-state index contributed by atoms with van der Waals surface area (Å²) in [6.45, 7) is 0.0775. The van der Waals surface area contributed by atoms with Gasteiger partial charge in [0.2, 0.25) is 5.91 Å². The molecule has 0 aliphatic carbocycles. The van der Waals surface area contributed by atoms with E-state index < -0.39 is 46.1 Å². The molecule has 1 unspecified atom stereocenters. The summed E-state index contributed by atoms with van der Waals surface area (Å²) in [7, 11) is -4.89. The number of fused-ring (bicyclic) bond motifs is 1. The van der Waals surface area contributed by atoms with Crippen molar-refractivity contribution in [3.63, 3.8) is 0 Å². The Morgan fingerprint density at radius 3 is 2.58 bits per heavy atom. The minimum absolute atomic E-state index is 0. The third-order valence-corrected chi connectivity index (χ3v) is 5.10. The Morgan fingerprint density at radius 1 is 1.38 bits per heavy atom. The minimum atomic E-state index is -4.89. The summed E-state index contributed by atoms with van der Waals surface area (Å²) < 4.78 is 47.0. The van der Waals surface area contributed by atoms with Crippen molar-refractivity contribution in [2.75, 3.05) is 6.54 Å². The summed E-state index contributed by atoms with van der Waals surface area (Å²) in [6, 6.07) is 2.32. The van der Waals surface area contributed by atoms with Crippen LogP contribution < -0.4 is 35.3 Å². The van der Waals surface area contributed by atoms with Gasteiger partial charge in [-0.25, -0.2) is 17.1 Å². The molecule has 0 aromatic heterocycles. The van der Waals surface area contributed by atoms with E-state index in [-0.39, 0.29) is 52.4 Å². The molecule has 2 amide bonds. The van der Waals surface area contributed by atoms with Crippen molar-refractivity contribution < 1.29 is 56.5 Å². The van der Waals surface area contributed by atoms with Crippen LogP contribution in [0.15, 0.2) is 24.3 Å². The SMILES string of the molecule is NC(C(=O)N1CC[C@@H]2[C@H]1C(=O)N2S(=O)(=O)[O-])c1ccccc1F.[Na+]. The van der Waals surface area contributed by atoms with Crippen LogP contribution in [0.2, 0.25) is 0 Å². The molecule has 3 rings (SSSR count). The van der Waals surface area contributed by atoms with E-state index in [2.05, 4.69) is 0 Å². The molecule has 2 aliphatic rings. The van der Waals surface area contributed by atoms with Gasteiger partial charge in [0.25, 0.3) is 5.91 Å². The molecule has 2 heterocycles. The maximum Gasteiger partial charge on any atom is 1.00 e. The zero-order chi connectivity index (χ0) is 16.9. The molecule has 0 saturated carbocycles. The van der Waals surface area contributed by atoms with E-state index in [1.807, 2.05) is 0 Å². The van der Waals surface area contributed by atoms with Gasteiger partial charge in [0, 0.05) is 12.1 Å². The molecule has 124 valence electrons. The maximum atomic E-state index is 13.7. The van der Waals surface area contributed by atoms with Crippen molar-refractivity contribution in [2.24, 2.45) is 5.73 Å². The van der Waals surface area contributed by atoms with Crippen molar-refractivity contribution in [2.45, 2.75) is 24.5 Å². The predicted molar refractivity (Wildman–Crippen MR) is 73.8 cm³/mol. The molecular weight excluding hydrogens is 352 g/mol. The van der Waals surface area contributed by atoms with E-state index in [1.54, 1.807) is 0 Å². The first kappa shape index (κ1) is 19.3. The van der Waals surface area contributed by atoms with Gasteiger partial charge in [-0.2, -0.15) is 0 Å². The number of β-lactam (4-membered cyclic amide) rings is 1. The van der Waals surface area contributed by atoms with Crippen LogP contribution in [0.1, 0.15) is 18.0 Å². The number of benzene rings is 1. The van der Waals surface area contributed by atoms with Crippen molar-refractivity contribution in [3.8, 4) is 0 Å². The monoisotopic (exact) mass is 365 g/mol. The quantitative estimate of drug-likeness (QED) is 0.332. The van der Waals surface area contributed by atoms with Crippen molar-refractivity contribution in [3.05, 3.63) is 35.6 Å². The van der Waals surface area contributed by atoms with E-state index in [1.165, 1.54) is 18.2 Å². The predicted octanol–water partition coefficient (Wildman–Crippen LogP) is -3.90. The Hall–Kier alpha value is -1.04. The van der Waals surface area contributed by atoms with Gasteiger partial charge in [0.1, 0.15) is 17.9 Å². The van der Waals surface area contributed by atoms with Gasteiger partial charge < -0.3 is 15.2 Å². The number of likely N-dealkylation sites (tertiary alicyclic amines) is 1. The van der Waals surface area contributed by atoms with E-state index in [9.17, 15) is 27.0 Å². The maximum absolute atomic E-state index is 13.7. The Balaban J connectivity index is 0.00000208. The van der Waals surface area contributed by atoms with E-state index >= 15 is 0 Å². The van der Waals surface area contributed by atoms with Crippen molar-refractivity contribution >= 4 is 22.1 Å². The van der Waals surface area contributed by atoms with Crippen molar-refractivity contribution in [1.29, 1.82) is 0 Å². The van der Waals surface area contributed by atoms with E-state index in [0.717, 1.165) is 11.0 Å². The third-order valence-electron chi connectivity index (χ3n) is 4.17. The number of hydrogen-bond acceptors (Lipinski definition) is 6. The molecule has 3 atom stereocenters. The van der Waals surface area contributed by atoms with Crippen molar-refractivity contribution in [1.82, 2.24) is 9.21 Å². The second-order valence-electron chi connectivity index (χ2n) is 5.42. The number of amides is 2. The molecular formula is C13H13FN3NaO5S. The number of halogens is 1. The number of rotatable bonds is 3. The summed E-state index contributed by atoms with van der Waals surface area (Å²) in [5.41, 5.74) is 5.77. The topological polar surface area (TPSA) is 124 Å². The van der Waals surface area contributed by atoms with Crippen LogP contribution >= 0.6 is 0 Å². The molecule has 2 aliphatic heterocycles. The molecule has 0 bridgehead atoms. The fraction of sp³-hybridized carbons (Fsp3) is 0.385. The molecule has 2 N–H and O–H groups in total. The van der Waals surface area contributed by atoms with Crippen LogP contribution in [0.5, 0.6) is 0 Å². The molecule has 0 radical (unpaired) electrons. The molecule has 8 nitrogen and oxygen atoms in total. The average Bonchev–Trinajstić information content (AvgIpc) is 2.83. The third kappa shape index (κ3) is 2.98. The number of hydrogen-bond donors (Lipinski definition) is 1. The van der Waals surface area contributed by atoms with Crippen LogP contribution in [0.4, 0.5) is 4.39 Å². The Bertz CT molecular complexity index is 790. The first-order chi connectivity index (χ1) is 10.7. The fourth-order valence-electron chi connectivity index (χ4n) is 3.09. The summed E-state index contributed by atoms with van der Waals surface area (Å²) in [6.07, 6.45) is 0.160. The van der Waals surface area contributed by atoms with Crippen LogP contribution in [-0.4, -0.2) is 52.6 Å². The molecule has 24 heavy (non-hydrogen) atoms. The Kier molecular flexibility index (Phi) is 5.38. The summed E-state index contributed by atoms with van der Waals surface area (Å²) in [5, 5.41) is 0. The van der Waals surface area contributed by atoms with Gasteiger partial charge in [-0.05, 0) is 12.5 Å². The molecule has 0 spiro atoms. The largest absolute Gasteiger partial charge is 1.00 e. The van der Waals surface area contributed by atoms with Crippen LogP contribution in [0.3, 0.4) is 0 Å². The number of carbonyl (C=O) groups is 2. The molecule has 1 aromatic carbocycles. The van der Waals surface area contributed by atoms with E-state index in [4.69, 9.17) is 5.73 Å². The fourth-order valence-corrected chi connectivity index (χ4v) is 3.97. The van der Waals surface area contributed by atoms with Gasteiger partial charge in [0.15, 0.2) is 10.3 Å². The summed E-state index contributed by atoms with van der Waals surface area (Å²) in [4.78, 5) is 25.4.